The smallest absolute Gasteiger partial charge is 0.129 e. The lowest BCUT2D eigenvalue weighted by Crippen LogP contribution is -2.23. The van der Waals surface area contributed by atoms with E-state index in [9.17, 15) is 4.39 Å². The Labute approximate surface area is 94.5 Å². The van der Waals surface area contributed by atoms with E-state index in [1.807, 2.05) is 13.0 Å². The molecule has 0 aromatic heterocycles. The number of hydrogen-bond acceptors (Lipinski definition) is 3. The zero-order valence-corrected chi connectivity index (χ0v) is 9.20. The van der Waals surface area contributed by atoms with Crippen LogP contribution in [0.3, 0.4) is 0 Å². The van der Waals surface area contributed by atoms with Gasteiger partial charge in [0.05, 0.1) is 11.6 Å². The lowest BCUT2D eigenvalue weighted by atomic mass is 10.1. The lowest BCUT2D eigenvalue weighted by molar-refractivity contribution is 0.233. The zero-order chi connectivity index (χ0) is 12.0. The van der Waals surface area contributed by atoms with Crippen LogP contribution in [-0.2, 0) is 6.54 Å². The average Bonchev–Trinajstić information content (AvgIpc) is 2.30. The molecule has 0 saturated carbocycles. The van der Waals surface area contributed by atoms with E-state index in [4.69, 9.17) is 10.4 Å². The van der Waals surface area contributed by atoms with Crippen LogP contribution in [0.1, 0.15) is 18.1 Å². The van der Waals surface area contributed by atoms with Gasteiger partial charge < -0.3 is 10.4 Å². The molecule has 0 heterocycles. The number of hydrogen-bond donors (Lipinski definition) is 2. The summed E-state index contributed by atoms with van der Waals surface area (Å²) in [6.07, 6.45) is 0. The van der Waals surface area contributed by atoms with Crippen molar-refractivity contribution in [3.8, 4) is 6.07 Å². The first kappa shape index (κ1) is 12.6. The Hall–Kier alpha value is -1.44. The van der Waals surface area contributed by atoms with Crippen molar-refractivity contribution >= 4 is 0 Å². The van der Waals surface area contributed by atoms with Gasteiger partial charge in [0.25, 0.3) is 0 Å². The Morgan fingerprint density at radius 1 is 1.56 bits per heavy atom. The number of nitrogens with zero attached hydrogens (tertiary/aromatic N) is 1. The Morgan fingerprint density at radius 2 is 2.31 bits per heavy atom. The van der Waals surface area contributed by atoms with E-state index in [1.165, 1.54) is 6.07 Å². The van der Waals surface area contributed by atoms with E-state index in [0.29, 0.717) is 24.2 Å². The maximum absolute atomic E-state index is 13.4. The minimum atomic E-state index is -0.372. The van der Waals surface area contributed by atoms with Crippen molar-refractivity contribution in [2.24, 2.45) is 5.92 Å². The van der Waals surface area contributed by atoms with Gasteiger partial charge in [0.15, 0.2) is 0 Å². The molecule has 0 amide bonds. The van der Waals surface area contributed by atoms with E-state index in [2.05, 4.69) is 5.32 Å². The van der Waals surface area contributed by atoms with Crippen LogP contribution in [0.2, 0.25) is 0 Å². The fourth-order valence-electron chi connectivity index (χ4n) is 1.28. The molecule has 86 valence electrons. The number of rotatable bonds is 5. The SMILES string of the molecule is CC(CO)CNCc1ccc(C#N)cc1F. The second-order valence-electron chi connectivity index (χ2n) is 3.84. The molecule has 0 fully saturated rings. The molecule has 1 unspecified atom stereocenters. The monoisotopic (exact) mass is 222 g/mol. The first-order chi connectivity index (χ1) is 7.67. The first-order valence-electron chi connectivity index (χ1n) is 5.17. The van der Waals surface area contributed by atoms with Gasteiger partial charge in [-0.2, -0.15) is 5.26 Å². The standard InChI is InChI=1S/C12H15FN2O/c1-9(8-16)6-15-7-11-3-2-10(5-14)4-12(11)13/h2-4,9,15-16H,6-8H2,1H3. The maximum Gasteiger partial charge on any atom is 0.129 e. The summed E-state index contributed by atoms with van der Waals surface area (Å²) < 4.78 is 13.4. The fourth-order valence-corrected chi connectivity index (χ4v) is 1.28. The maximum atomic E-state index is 13.4. The molecule has 1 aromatic carbocycles. The normalized spacial score (nSPS) is 12.1. The van der Waals surface area contributed by atoms with E-state index in [0.717, 1.165) is 0 Å². The van der Waals surface area contributed by atoms with Crippen molar-refractivity contribution in [3.05, 3.63) is 35.1 Å². The van der Waals surface area contributed by atoms with Gasteiger partial charge in [0, 0.05) is 25.3 Å². The van der Waals surface area contributed by atoms with Crippen LogP contribution in [0.4, 0.5) is 4.39 Å². The van der Waals surface area contributed by atoms with Crippen molar-refractivity contribution in [2.45, 2.75) is 13.5 Å². The largest absolute Gasteiger partial charge is 0.396 e. The van der Waals surface area contributed by atoms with Gasteiger partial charge in [-0.15, -0.1) is 0 Å². The minimum Gasteiger partial charge on any atom is -0.396 e. The Kier molecular flexibility index (Phi) is 4.90. The van der Waals surface area contributed by atoms with Gasteiger partial charge in [-0.05, 0) is 18.1 Å². The lowest BCUT2D eigenvalue weighted by Gasteiger charge is -2.10. The summed E-state index contributed by atoms with van der Waals surface area (Å²) in [6.45, 7) is 3.06. The van der Waals surface area contributed by atoms with Crippen LogP contribution in [0.15, 0.2) is 18.2 Å². The number of nitriles is 1. The highest BCUT2D eigenvalue weighted by molar-refractivity contribution is 5.32. The molecular formula is C12H15FN2O. The molecule has 0 spiro atoms. The third kappa shape index (κ3) is 3.61. The average molecular weight is 222 g/mol. The molecule has 0 bridgehead atoms. The van der Waals surface area contributed by atoms with E-state index in [1.54, 1.807) is 12.1 Å². The van der Waals surface area contributed by atoms with Crippen LogP contribution in [0, 0.1) is 23.1 Å². The van der Waals surface area contributed by atoms with Gasteiger partial charge in [-0.25, -0.2) is 4.39 Å². The summed E-state index contributed by atoms with van der Waals surface area (Å²) in [6, 6.07) is 6.31. The van der Waals surface area contributed by atoms with Crippen molar-refractivity contribution in [1.29, 1.82) is 5.26 Å². The van der Waals surface area contributed by atoms with Crippen LogP contribution in [0.25, 0.3) is 0 Å². The van der Waals surface area contributed by atoms with Crippen LogP contribution in [-0.4, -0.2) is 18.3 Å². The van der Waals surface area contributed by atoms with E-state index < -0.39 is 0 Å². The Balaban J connectivity index is 2.52. The summed E-state index contributed by atoms with van der Waals surface area (Å²) in [5.41, 5.74) is 0.856. The van der Waals surface area contributed by atoms with Crippen molar-refractivity contribution in [1.82, 2.24) is 5.32 Å². The second kappa shape index (κ2) is 6.21. The first-order valence-corrected chi connectivity index (χ1v) is 5.17. The second-order valence-corrected chi connectivity index (χ2v) is 3.84. The quantitative estimate of drug-likeness (QED) is 0.792. The number of aliphatic hydroxyl groups is 1. The van der Waals surface area contributed by atoms with E-state index in [-0.39, 0.29) is 18.3 Å². The molecular weight excluding hydrogens is 207 g/mol. The topological polar surface area (TPSA) is 56.0 Å². The molecule has 1 rings (SSSR count). The highest BCUT2D eigenvalue weighted by Crippen LogP contribution is 2.09. The van der Waals surface area contributed by atoms with Crippen molar-refractivity contribution in [2.75, 3.05) is 13.2 Å². The highest BCUT2D eigenvalue weighted by atomic mass is 19.1. The summed E-state index contributed by atoms with van der Waals surface area (Å²) in [5.74, 6) is -0.218. The highest BCUT2D eigenvalue weighted by Gasteiger charge is 2.04. The zero-order valence-electron chi connectivity index (χ0n) is 9.20. The van der Waals surface area contributed by atoms with Gasteiger partial charge in [-0.1, -0.05) is 13.0 Å². The predicted octanol–water partition coefficient (Wildman–Crippen LogP) is 1.42. The number of benzene rings is 1. The summed E-state index contributed by atoms with van der Waals surface area (Å²) in [5, 5.41) is 20.4. The molecule has 0 aliphatic rings. The van der Waals surface area contributed by atoms with Crippen LogP contribution >= 0.6 is 0 Å². The summed E-state index contributed by atoms with van der Waals surface area (Å²) in [4.78, 5) is 0. The van der Waals surface area contributed by atoms with Gasteiger partial charge >= 0.3 is 0 Å². The molecule has 1 atom stereocenters. The number of nitrogens with one attached hydrogen (secondary N) is 1. The van der Waals surface area contributed by atoms with Crippen LogP contribution < -0.4 is 5.32 Å². The Bertz CT molecular complexity index is 387. The number of aliphatic hydroxyl groups excluding tert-OH is 1. The van der Waals surface area contributed by atoms with E-state index >= 15 is 0 Å². The molecule has 0 saturated heterocycles. The summed E-state index contributed by atoms with van der Waals surface area (Å²) >= 11 is 0. The van der Waals surface area contributed by atoms with Gasteiger partial charge in [0.2, 0.25) is 0 Å². The predicted molar refractivity (Wildman–Crippen MR) is 59.1 cm³/mol. The van der Waals surface area contributed by atoms with Gasteiger partial charge in [-0.3, -0.25) is 0 Å². The summed E-state index contributed by atoms with van der Waals surface area (Å²) in [7, 11) is 0. The molecule has 3 nitrogen and oxygen atoms in total. The van der Waals surface area contributed by atoms with Crippen molar-refractivity contribution < 1.29 is 9.50 Å². The molecule has 0 aliphatic heterocycles. The molecule has 0 aliphatic carbocycles. The third-order valence-electron chi connectivity index (χ3n) is 2.30. The molecule has 16 heavy (non-hydrogen) atoms. The minimum absolute atomic E-state index is 0.114. The van der Waals surface area contributed by atoms with Crippen LogP contribution in [0.5, 0.6) is 0 Å². The molecule has 4 heteroatoms. The van der Waals surface area contributed by atoms with Gasteiger partial charge in [0.1, 0.15) is 5.82 Å². The fraction of sp³-hybridized carbons (Fsp3) is 0.417. The molecule has 2 N–H and O–H groups in total. The van der Waals surface area contributed by atoms with Crippen molar-refractivity contribution in [3.63, 3.8) is 0 Å². The third-order valence-corrected chi connectivity index (χ3v) is 2.30. The number of halogens is 1. The Morgan fingerprint density at radius 3 is 2.88 bits per heavy atom. The molecule has 0 radical (unpaired) electrons. The molecule has 1 aromatic rings.